The van der Waals surface area contributed by atoms with E-state index in [2.05, 4.69) is 9.80 Å². The fraction of sp³-hybridized carbons (Fsp3) is 0.600. The minimum Gasteiger partial charge on any atom is -0.465 e. The maximum Gasteiger partial charge on any atom is 0.310 e. The predicted octanol–water partition coefficient (Wildman–Crippen LogP) is 2.42. The number of ether oxygens (including phenoxy) is 2. The van der Waals surface area contributed by atoms with Crippen LogP contribution in [0.2, 0.25) is 0 Å². The lowest BCUT2D eigenvalue weighted by molar-refractivity contribution is -0.144. The van der Waals surface area contributed by atoms with Crippen molar-refractivity contribution in [1.29, 1.82) is 0 Å². The fourth-order valence-corrected chi connectivity index (χ4v) is 7.29. The van der Waals surface area contributed by atoms with Crippen LogP contribution in [-0.4, -0.2) is 132 Å². The van der Waals surface area contributed by atoms with Gasteiger partial charge in [0.25, 0.3) is 0 Å². The van der Waals surface area contributed by atoms with E-state index in [0.29, 0.717) is 64.3 Å². The molecule has 0 unspecified atom stereocenters. The average molecular weight is 721 g/mol. The predicted molar refractivity (Wildman–Crippen MR) is 195 cm³/mol. The smallest absolute Gasteiger partial charge is 0.310 e. The minimum atomic E-state index is -0.241. The lowest BCUT2D eigenvalue weighted by Gasteiger charge is -2.38. The van der Waals surface area contributed by atoms with Gasteiger partial charge in [-0.25, -0.2) is 0 Å². The van der Waals surface area contributed by atoms with Gasteiger partial charge in [-0.2, -0.15) is 0 Å². The third kappa shape index (κ3) is 12.7. The zero-order valence-corrected chi connectivity index (χ0v) is 30.5. The van der Waals surface area contributed by atoms with Crippen molar-refractivity contribution in [3.05, 3.63) is 70.8 Å². The molecule has 2 amide bonds. The van der Waals surface area contributed by atoms with Crippen LogP contribution in [0.5, 0.6) is 0 Å². The first-order chi connectivity index (χ1) is 25.3. The number of carbonyl (C=O) groups is 4. The van der Waals surface area contributed by atoms with E-state index >= 15 is 0 Å². The van der Waals surface area contributed by atoms with Crippen molar-refractivity contribution in [3.8, 4) is 0 Å². The van der Waals surface area contributed by atoms with Crippen LogP contribution < -0.4 is 0 Å². The van der Waals surface area contributed by atoms with E-state index in [-0.39, 0.29) is 49.8 Å². The maximum atomic E-state index is 13.1. The normalized spacial score (nSPS) is 18.0. The van der Waals surface area contributed by atoms with Crippen molar-refractivity contribution >= 4 is 23.8 Å². The van der Waals surface area contributed by atoms with Crippen LogP contribution in [0.1, 0.15) is 60.8 Å². The van der Waals surface area contributed by atoms with E-state index < -0.39 is 0 Å². The Morgan fingerprint density at radius 3 is 1.17 bits per heavy atom. The molecule has 52 heavy (non-hydrogen) atoms. The Hall–Kier alpha value is -3.84. The Balaban J connectivity index is 0.881. The number of esters is 2. The second-order valence-corrected chi connectivity index (χ2v) is 14.5. The Bertz CT molecular complexity index is 1320. The number of aliphatic hydroxyl groups is 2. The number of nitrogens with zero attached hydrogens (tertiary/aromatic N) is 4. The van der Waals surface area contributed by atoms with Gasteiger partial charge in [-0.1, -0.05) is 48.5 Å². The summed E-state index contributed by atoms with van der Waals surface area (Å²) in [6.45, 7) is 7.23. The fourth-order valence-electron chi connectivity index (χ4n) is 7.29. The van der Waals surface area contributed by atoms with Crippen LogP contribution in [0.15, 0.2) is 48.5 Å². The third-order valence-corrected chi connectivity index (χ3v) is 10.8. The van der Waals surface area contributed by atoms with Crippen molar-refractivity contribution < 1.29 is 38.9 Å². The largest absolute Gasteiger partial charge is 0.465 e. The molecule has 0 aliphatic carbocycles. The van der Waals surface area contributed by atoms with Gasteiger partial charge in [0.1, 0.15) is 0 Å². The van der Waals surface area contributed by atoms with Gasteiger partial charge in [0, 0.05) is 26.2 Å². The number of rotatable bonds is 16. The molecular weight excluding hydrogens is 664 g/mol. The molecule has 3 fully saturated rings. The molecule has 284 valence electrons. The molecule has 3 saturated heterocycles. The molecule has 12 heteroatoms. The highest BCUT2D eigenvalue weighted by Gasteiger charge is 2.29. The Kier molecular flexibility index (Phi) is 15.5. The molecule has 0 spiro atoms. The second kappa shape index (κ2) is 20.4. The molecule has 2 aromatic carbocycles. The van der Waals surface area contributed by atoms with Crippen molar-refractivity contribution in [2.45, 2.75) is 64.6 Å². The lowest BCUT2D eigenvalue weighted by Crippen LogP contribution is -2.54. The molecule has 0 radical (unpaired) electrons. The molecule has 12 nitrogen and oxygen atoms in total. The van der Waals surface area contributed by atoms with E-state index in [0.717, 1.165) is 87.0 Å². The standard InChI is InChI=1S/C40H56N4O8/c45-29-35-5-1-33(2-6-35)25-39(49)51-23-13-31-9-15-41(16-10-31)27-37(47)43-19-21-44(22-20-43)38(48)28-42-17-11-32(12-18-42)14-24-52-40(50)26-34-3-7-36(30-46)8-4-34/h1-8,31-32,45-46H,9-30H2. The molecule has 0 bridgehead atoms. The number of aliphatic hydroxyl groups excluding tert-OH is 2. The third-order valence-electron chi connectivity index (χ3n) is 10.8. The van der Waals surface area contributed by atoms with Crippen LogP contribution in [0.3, 0.4) is 0 Å². The molecular formula is C40H56N4O8. The van der Waals surface area contributed by atoms with Crippen molar-refractivity contribution in [2.24, 2.45) is 11.8 Å². The van der Waals surface area contributed by atoms with Gasteiger partial charge < -0.3 is 29.5 Å². The minimum absolute atomic E-state index is 0.0175. The van der Waals surface area contributed by atoms with Crippen LogP contribution in [-0.2, 0) is 54.7 Å². The van der Waals surface area contributed by atoms with Gasteiger partial charge in [0.05, 0.1) is 52.4 Å². The average Bonchev–Trinajstić information content (AvgIpc) is 3.17. The molecule has 3 heterocycles. The molecule has 0 atom stereocenters. The van der Waals surface area contributed by atoms with E-state index in [4.69, 9.17) is 19.7 Å². The van der Waals surface area contributed by atoms with E-state index in [1.165, 1.54) is 0 Å². The number of benzene rings is 2. The van der Waals surface area contributed by atoms with Gasteiger partial charge >= 0.3 is 11.9 Å². The number of hydrogen-bond acceptors (Lipinski definition) is 10. The first kappa shape index (κ1) is 39.4. The summed E-state index contributed by atoms with van der Waals surface area (Å²) >= 11 is 0. The van der Waals surface area contributed by atoms with Gasteiger partial charge in [-0.15, -0.1) is 0 Å². The summed E-state index contributed by atoms with van der Waals surface area (Å²) in [4.78, 5) is 58.8. The summed E-state index contributed by atoms with van der Waals surface area (Å²) in [5.74, 6) is 0.709. The van der Waals surface area contributed by atoms with Gasteiger partial charge in [-0.05, 0) is 98.8 Å². The topological polar surface area (TPSA) is 140 Å². The zero-order chi connectivity index (χ0) is 36.7. The first-order valence-electron chi connectivity index (χ1n) is 19.0. The van der Waals surface area contributed by atoms with Gasteiger partial charge in [-0.3, -0.25) is 29.0 Å². The summed E-state index contributed by atoms with van der Waals surface area (Å²) in [5.41, 5.74) is 3.37. The summed E-state index contributed by atoms with van der Waals surface area (Å²) < 4.78 is 10.9. The summed E-state index contributed by atoms with van der Waals surface area (Å²) in [6.07, 6.45) is 6.00. The van der Waals surface area contributed by atoms with Crippen molar-refractivity contribution in [3.63, 3.8) is 0 Å². The molecule has 0 saturated carbocycles. The van der Waals surface area contributed by atoms with Gasteiger partial charge in [0.15, 0.2) is 0 Å². The number of likely N-dealkylation sites (tertiary alicyclic amines) is 2. The highest BCUT2D eigenvalue weighted by molar-refractivity contribution is 5.80. The maximum absolute atomic E-state index is 13.1. The van der Waals surface area contributed by atoms with Crippen LogP contribution >= 0.6 is 0 Å². The van der Waals surface area contributed by atoms with Crippen molar-refractivity contribution in [2.75, 3.05) is 78.7 Å². The first-order valence-corrected chi connectivity index (χ1v) is 19.0. The number of carbonyl (C=O) groups excluding carboxylic acids is 4. The van der Waals surface area contributed by atoms with Gasteiger partial charge in [0.2, 0.25) is 11.8 Å². The molecule has 3 aliphatic rings. The van der Waals surface area contributed by atoms with Crippen LogP contribution in [0.25, 0.3) is 0 Å². The molecule has 2 N–H and O–H groups in total. The van der Waals surface area contributed by atoms with Crippen LogP contribution in [0, 0.1) is 11.8 Å². The SMILES string of the molecule is O=C(Cc1ccc(CO)cc1)OCCC1CCN(CC(=O)N2CCN(C(=O)CN3CCC(CCOC(=O)Cc4ccc(CO)cc4)CC3)CC2)CC1. The highest BCUT2D eigenvalue weighted by atomic mass is 16.5. The molecule has 0 aromatic heterocycles. The zero-order valence-electron chi connectivity index (χ0n) is 30.5. The molecule has 3 aliphatic heterocycles. The van der Waals surface area contributed by atoms with Crippen molar-refractivity contribution in [1.82, 2.24) is 19.6 Å². The monoisotopic (exact) mass is 720 g/mol. The van der Waals surface area contributed by atoms with E-state index in [1.54, 1.807) is 0 Å². The Morgan fingerprint density at radius 2 is 0.846 bits per heavy atom. The number of amides is 2. The summed E-state index contributed by atoms with van der Waals surface area (Å²) in [5, 5.41) is 18.3. The van der Waals surface area contributed by atoms with E-state index in [9.17, 15) is 19.2 Å². The lowest BCUT2D eigenvalue weighted by atomic mass is 9.94. The summed E-state index contributed by atoms with van der Waals surface area (Å²) in [6, 6.07) is 14.6. The molecule has 5 rings (SSSR count). The quantitative estimate of drug-likeness (QED) is 0.249. The number of piperidine rings is 2. The van der Waals surface area contributed by atoms with Crippen LogP contribution in [0.4, 0.5) is 0 Å². The number of hydrogen-bond donors (Lipinski definition) is 2. The Morgan fingerprint density at radius 1 is 0.519 bits per heavy atom. The Labute approximate surface area is 307 Å². The summed E-state index contributed by atoms with van der Waals surface area (Å²) in [7, 11) is 0. The van der Waals surface area contributed by atoms with E-state index in [1.807, 2.05) is 58.3 Å². The molecule has 2 aromatic rings. The highest BCUT2D eigenvalue weighted by Crippen LogP contribution is 2.22. The number of piperazine rings is 1. The second-order valence-electron chi connectivity index (χ2n) is 14.5.